The van der Waals surface area contributed by atoms with Crippen molar-refractivity contribution in [1.82, 2.24) is 20.1 Å². The molecule has 1 aromatic heterocycles. The van der Waals surface area contributed by atoms with Gasteiger partial charge in [-0.2, -0.15) is 5.10 Å². The monoisotopic (exact) mass is 430 g/mol. The smallest absolute Gasteiger partial charge is 0.233 e. The fourth-order valence-corrected chi connectivity index (χ4v) is 3.63. The summed E-state index contributed by atoms with van der Waals surface area (Å²) in [5, 5.41) is 7.09. The van der Waals surface area contributed by atoms with Crippen LogP contribution in [0.1, 0.15) is 18.5 Å². The normalized spacial score (nSPS) is 13.2. The number of carbonyl (C=O) groups is 1. The van der Waals surface area contributed by atoms with E-state index in [2.05, 4.69) is 31.3 Å². The van der Waals surface area contributed by atoms with Gasteiger partial charge in [-0.1, -0.05) is 46.3 Å². The van der Waals surface area contributed by atoms with Gasteiger partial charge in [-0.15, -0.1) is 11.8 Å². The zero-order chi connectivity index (χ0) is 18.4. The number of thioether (sulfide) groups is 1. The van der Waals surface area contributed by atoms with E-state index in [-0.39, 0.29) is 17.2 Å². The predicted octanol–water partition coefficient (Wildman–Crippen LogP) is 4.08. The molecule has 0 bridgehead atoms. The maximum absolute atomic E-state index is 12.7. The van der Waals surface area contributed by atoms with Crippen molar-refractivity contribution in [2.24, 2.45) is 0 Å². The lowest BCUT2D eigenvalue weighted by Crippen LogP contribution is -2.36. The summed E-state index contributed by atoms with van der Waals surface area (Å²) >= 11 is 4.96. The Balaban J connectivity index is 1.68. The van der Waals surface area contributed by atoms with Crippen LogP contribution in [0.25, 0.3) is 0 Å². The van der Waals surface area contributed by atoms with Gasteiger partial charge in [0.15, 0.2) is 0 Å². The molecule has 26 heavy (non-hydrogen) atoms. The number of halogens is 1. The van der Waals surface area contributed by atoms with Crippen molar-refractivity contribution in [2.45, 2.75) is 29.7 Å². The Morgan fingerprint density at radius 2 is 1.92 bits per heavy atom. The van der Waals surface area contributed by atoms with E-state index in [0.717, 1.165) is 14.9 Å². The van der Waals surface area contributed by atoms with Crippen LogP contribution in [0.2, 0.25) is 0 Å². The first-order valence-electron chi connectivity index (χ1n) is 8.22. The van der Waals surface area contributed by atoms with Crippen LogP contribution >= 0.6 is 27.7 Å². The van der Waals surface area contributed by atoms with Crippen LogP contribution in [0.5, 0.6) is 0 Å². The summed E-state index contributed by atoms with van der Waals surface area (Å²) in [6, 6.07) is 17.7. The Hall–Kier alpha value is -2.12. The molecule has 0 saturated heterocycles. The van der Waals surface area contributed by atoms with Crippen molar-refractivity contribution in [1.29, 1.82) is 0 Å². The molecule has 7 heteroatoms. The van der Waals surface area contributed by atoms with Gasteiger partial charge in [0.05, 0.1) is 17.8 Å². The van der Waals surface area contributed by atoms with E-state index in [0.29, 0.717) is 6.54 Å². The molecule has 5 nitrogen and oxygen atoms in total. The molecular formula is C19H19BrN4OS. The van der Waals surface area contributed by atoms with E-state index in [1.807, 2.05) is 61.5 Å². The molecule has 0 saturated carbocycles. The minimum Gasteiger partial charge on any atom is -0.346 e. The standard InChI is InChI=1S/C19H19BrN4OS/c1-14(26-17-9-7-16(20)8-10-17)19(25)23-18(11-24-13-21-12-22-24)15-5-3-2-4-6-15/h2-10,12-14,18H,11H2,1H3,(H,23,25). The predicted molar refractivity (Wildman–Crippen MR) is 107 cm³/mol. The lowest BCUT2D eigenvalue weighted by atomic mass is 10.1. The molecule has 1 amide bonds. The molecule has 2 aromatic carbocycles. The summed E-state index contributed by atoms with van der Waals surface area (Å²) in [7, 11) is 0. The molecule has 0 aliphatic carbocycles. The minimum atomic E-state index is -0.210. The number of rotatable bonds is 7. The molecule has 0 aliphatic rings. The Morgan fingerprint density at radius 1 is 1.19 bits per heavy atom. The van der Waals surface area contributed by atoms with Gasteiger partial charge in [0, 0.05) is 9.37 Å². The average Bonchev–Trinajstić information content (AvgIpc) is 3.17. The fraction of sp³-hybridized carbons (Fsp3) is 0.211. The van der Waals surface area contributed by atoms with Crippen molar-refractivity contribution in [3.63, 3.8) is 0 Å². The molecule has 0 fully saturated rings. The van der Waals surface area contributed by atoms with E-state index in [1.54, 1.807) is 11.0 Å². The van der Waals surface area contributed by atoms with Crippen LogP contribution in [0.4, 0.5) is 0 Å². The third-order valence-corrected chi connectivity index (χ3v) is 5.49. The Morgan fingerprint density at radius 3 is 2.58 bits per heavy atom. The Bertz CT molecular complexity index is 825. The third kappa shape index (κ3) is 5.19. The van der Waals surface area contributed by atoms with Crippen molar-refractivity contribution in [3.8, 4) is 0 Å². The van der Waals surface area contributed by atoms with Gasteiger partial charge >= 0.3 is 0 Å². The number of hydrogen-bond donors (Lipinski definition) is 1. The highest BCUT2D eigenvalue weighted by Gasteiger charge is 2.20. The largest absolute Gasteiger partial charge is 0.346 e. The molecule has 134 valence electrons. The van der Waals surface area contributed by atoms with Gasteiger partial charge in [0.25, 0.3) is 0 Å². The number of hydrogen-bond acceptors (Lipinski definition) is 4. The van der Waals surface area contributed by atoms with Gasteiger partial charge in [0.1, 0.15) is 12.7 Å². The topological polar surface area (TPSA) is 59.8 Å². The van der Waals surface area contributed by atoms with Gasteiger partial charge in [0.2, 0.25) is 5.91 Å². The summed E-state index contributed by atoms with van der Waals surface area (Å²) in [4.78, 5) is 17.8. The second-order valence-electron chi connectivity index (χ2n) is 5.80. The van der Waals surface area contributed by atoms with Crippen LogP contribution in [-0.2, 0) is 11.3 Å². The van der Waals surface area contributed by atoms with Gasteiger partial charge in [-0.3, -0.25) is 9.48 Å². The number of benzene rings is 2. The Kier molecular flexibility index (Phi) is 6.46. The maximum atomic E-state index is 12.7. The molecule has 0 radical (unpaired) electrons. The van der Waals surface area contributed by atoms with E-state index >= 15 is 0 Å². The average molecular weight is 431 g/mol. The van der Waals surface area contributed by atoms with Gasteiger partial charge in [-0.25, -0.2) is 4.98 Å². The zero-order valence-electron chi connectivity index (χ0n) is 14.2. The summed E-state index contributed by atoms with van der Waals surface area (Å²) in [5.74, 6) is -0.00751. The van der Waals surface area contributed by atoms with Gasteiger partial charge in [-0.05, 0) is 36.8 Å². The summed E-state index contributed by atoms with van der Waals surface area (Å²) in [6.45, 7) is 2.45. The van der Waals surface area contributed by atoms with Gasteiger partial charge < -0.3 is 5.32 Å². The zero-order valence-corrected chi connectivity index (χ0v) is 16.7. The first-order valence-corrected chi connectivity index (χ1v) is 9.89. The summed E-state index contributed by atoms with van der Waals surface area (Å²) in [6.07, 6.45) is 3.15. The van der Waals surface area contributed by atoms with E-state index in [4.69, 9.17) is 0 Å². The molecule has 2 atom stereocenters. The van der Waals surface area contributed by atoms with Crippen molar-refractivity contribution >= 4 is 33.6 Å². The van der Waals surface area contributed by atoms with Crippen LogP contribution in [0.3, 0.4) is 0 Å². The number of nitrogens with zero attached hydrogens (tertiary/aromatic N) is 3. The molecule has 3 aromatic rings. The first-order chi connectivity index (χ1) is 12.6. The summed E-state index contributed by atoms with van der Waals surface area (Å²) in [5.41, 5.74) is 1.04. The van der Waals surface area contributed by atoms with Crippen LogP contribution < -0.4 is 5.32 Å². The molecular weight excluding hydrogens is 412 g/mol. The second-order valence-corrected chi connectivity index (χ2v) is 8.13. The van der Waals surface area contributed by atoms with Crippen molar-refractivity contribution in [2.75, 3.05) is 0 Å². The summed E-state index contributed by atoms with van der Waals surface area (Å²) < 4.78 is 2.75. The number of aromatic nitrogens is 3. The highest BCUT2D eigenvalue weighted by molar-refractivity contribution is 9.10. The van der Waals surface area contributed by atoms with E-state index in [1.165, 1.54) is 18.1 Å². The molecule has 0 spiro atoms. The molecule has 0 aliphatic heterocycles. The third-order valence-electron chi connectivity index (χ3n) is 3.85. The van der Waals surface area contributed by atoms with Crippen LogP contribution in [0, 0.1) is 0 Å². The Labute approximate surface area is 165 Å². The van der Waals surface area contributed by atoms with Crippen molar-refractivity contribution < 1.29 is 4.79 Å². The molecule has 2 unspecified atom stereocenters. The lowest BCUT2D eigenvalue weighted by molar-refractivity contribution is -0.121. The number of amides is 1. The van der Waals surface area contributed by atoms with Crippen LogP contribution in [0.15, 0.2) is 76.6 Å². The molecule has 3 rings (SSSR count). The minimum absolute atomic E-state index is 0.00751. The number of nitrogens with one attached hydrogen (secondary N) is 1. The highest BCUT2D eigenvalue weighted by Crippen LogP contribution is 2.25. The SMILES string of the molecule is CC(Sc1ccc(Br)cc1)C(=O)NC(Cn1cncn1)c1ccccc1. The molecule has 1 heterocycles. The van der Waals surface area contributed by atoms with E-state index < -0.39 is 0 Å². The maximum Gasteiger partial charge on any atom is 0.233 e. The first kappa shape index (κ1) is 18.7. The van der Waals surface area contributed by atoms with E-state index in [9.17, 15) is 4.79 Å². The number of carbonyl (C=O) groups excluding carboxylic acids is 1. The second kappa shape index (κ2) is 9.00. The van der Waals surface area contributed by atoms with Crippen molar-refractivity contribution in [3.05, 3.63) is 77.3 Å². The molecule has 1 N–H and O–H groups in total. The quantitative estimate of drug-likeness (QED) is 0.573. The fourth-order valence-electron chi connectivity index (χ4n) is 2.49. The lowest BCUT2D eigenvalue weighted by Gasteiger charge is -2.21. The van der Waals surface area contributed by atoms with Crippen LogP contribution in [-0.4, -0.2) is 25.9 Å². The highest BCUT2D eigenvalue weighted by atomic mass is 79.9.